The minimum absolute atomic E-state index is 0.0984. The van der Waals surface area contributed by atoms with Crippen LogP contribution in [0.5, 0.6) is 0 Å². The second-order valence-corrected chi connectivity index (χ2v) is 1.54. The van der Waals surface area contributed by atoms with Crippen molar-refractivity contribution in [3.8, 4) is 0 Å². The molecule has 1 aliphatic heterocycles. The van der Waals surface area contributed by atoms with Gasteiger partial charge >= 0.3 is 0 Å². The molecule has 0 aromatic carbocycles. The van der Waals surface area contributed by atoms with Crippen molar-refractivity contribution in [1.82, 2.24) is 10.6 Å². The summed E-state index contributed by atoms with van der Waals surface area (Å²) in [5.74, 6) is -3.28. The number of rotatable bonds is 1. The van der Waals surface area contributed by atoms with Crippen LogP contribution in [0.2, 0.25) is 2.82 Å². The molecule has 0 radical (unpaired) electrons. The first kappa shape index (κ1) is 2.30. The lowest BCUT2D eigenvalue weighted by Crippen LogP contribution is -2.49. The van der Waals surface area contributed by atoms with Gasteiger partial charge in [-0.15, -0.1) is 0 Å². The maximum absolute atomic E-state index is 11.6. The van der Waals surface area contributed by atoms with E-state index in [0.717, 1.165) is 7.05 Å². The zero-order valence-electron chi connectivity index (χ0n) is 12.2. The van der Waals surface area contributed by atoms with E-state index in [0.29, 0.717) is 0 Å². The number of piperidine rings is 1. The predicted octanol–water partition coefficient (Wildman–Crippen LogP) is -0.989. The van der Waals surface area contributed by atoms with Gasteiger partial charge in [-0.3, -0.25) is 14.9 Å². The first-order valence-electron chi connectivity index (χ1n) is 5.92. The monoisotopic (exact) mass is 149 g/mol. The van der Waals surface area contributed by atoms with E-state index in [1.807, 2.05) is 0 Å². The second kappa shape index (κ2) is 2.79. The molecule has 0 bridgehead atoms. The van der Waals surface area contributed by atoms with E-state index in [1.165, 1.54) is 0 Å². The third kappa shape index (κ3) is 1.33. The highest BCUT2D eigenvalue weighted by Crippen LogP contribution is 2.02. The number of hydrogen-bond donors (Lipinski definition) is 2. The normalized spacial score (nSPS) is 55.4. The van der Waals surface area contributed by atoms with Gasteiger partial charge in [-0.2, -0.15) is 0 Å². The van der Waals surface area contributed by atoms with E-state index in [4.69, 9.17) is 9.68 Å². The molecule has 4 heteroatoms. The summed E-state index contributed by atoms with van der Waals surface area (Å²) >= 11 is 0. The molecule has 0 spiro atoms. The molecule has 56 valence electrons. The van der Waals surface area contributed by atoms with Gasteiger partial charge in [0.05, 0.1) is 7.39 Å². The standard InChI is InChI=1S/C6H10N2O2/c1-7-4-2-3-5(9)8-6(4)10/h4,7H,2-3H2,1H3,(H,8,9,10)/t4-/m0/s1/i2D2,3D2,4D/hD2. The molecule has 4 nitrogen and oxygen atoms in total. The van der Waals surface area contributed by atoms with Crippen molar-refractivity contribution in [3.05, 3.63) is 0 Å². The number of carbonyl (C=O) groups is 2. The summed E-state index contributed by atoms with van der Waals surface area (Å²) in [6.45, 7) is 0. The van der Waals surface area contributed by atoms with Crippen molar-refractivity contribution >= 4 is 11.8 Å². The lowest BCUT2D eigenvalue weighted by atomic mass is 10.1. The smallest absolute Gasteiger partial charge is 0.243 e. The molecule has 10 heavy (non-hydrogen) atoms. The Kier molecular flexibility index (Phi) is 0.642. The van der Waals surface area contributed by atoms with Crippen molar-refractivity contribution in [3.63, 3.8) is 0 Å². The van der Waals surface area contributed by atoms with Crippen molar-refractivity contribution < 1.29 is 19.3 Å². The Labute approximate surface area is 68.9 Å². The fourth-order valence-electron chi connectivity index (χ4n) is 0.491. The lowest BCUT2D eigenvalue weighted by molar-refractivity contribution is -0.134. The third-order valence-corrected chi connectivity index (χ3v) is 0.917. The van der Waals surface area contributed by atoms with Crippen LogP contribution in [0.25, 0.3) is 0 Å². The Morgan fingerprint density at radius 3 is 3.40 bits per heavy atom. The molecule has 1 aliphatic rings. The number of amides is 2. The van der Waals surface area contributed by atoms with Crippen molar-refractivity contribution in [2.75, 3.05) is 7.05 Å². The van der Waals surface area contributed by atoms with Gasteiger partial charge in [0.15, 0.2) is 1.41 Å². The second-order valence-electron chi connectivity index (χ2n) is 1.54. The summed E-state index contributed by atoms with van der Waals surface area (Å²) in [6.07, 6.45) is -6.48. The van der Waals surface area contributed by atoms with Gasteiger partial charge < -0.3 is 5.31 Å². The molecule has 1 rings (SSSR count). The third-order valence-electron chi connectivity index (χ3n) is 0.917. The molecule has 0 aromatic heterocycles. The Hall–Kier alpha value is -0.900. The average molecular weight is 149 g/mol. The fourth-order valence-corrected chi connectivity index (χ4v) is 0.491. The van der Waals surface area contributed by atoms with Crippen LogP contribution in [-0.4, -0.2) is 24.9 Å². The number of carbonyl (C=O) groups excluding carboxylic acids is 2. The summed E-state index contributed by atoms with van der Waals surface area (Å²) in [7, 11) is 0.877. The zero-order valence-corrected chi connectivity index (χ0v) is 5.21. The van der Waals surface area contributed by atoms with Gasteiger partial charge in [0.2, 0.25) is 11.8 Å². The largest absolute Gasteiger partial charge is 0.309 e. The highest BCUT2D eigenvalue weighted by molar-refractivity contribution is 6.00. The molecular formula is C6H10N2O2. The van der Waals surface area contributed by atoms with Gasteiger partial charge in [-0.05, 0) is 13.4 Å². The molecule has 0 aromatic rings. The molecule has 1 saturated heterocycles. The van der Waals surface area contributed by atoms with E-state index < -0.39 is 35.9 Å². The molecule has 0 aliphatic carbocycles. The summed E-state index contributed by atoms with van der Waals surface area (Å²) in [6, 6.07) is -2.99. The Bertz CT molecular complexity index is 385. The molecule has 1 heterocycles. The minimum atomic E-state index is -3.25. The first-order valence-corrected chi connectivity index (χ1v) is 2.53. The predicted molar refractivity (Wildman–Crippen MR) is 35.2 cm³/mol. The van der Waals surface area contributed by atoms with Crippen molar-refractivity contribution in [2.45, 2.75) is 18.8 Å². The summed E-state index contributed by atoms with van der Waals surface area (Å²) in [5.41, 5.74) is 0. The van der Waals surface area contributed by atoms with Crippen LogP contribution in [0.3, 0.4) is 0 Å². The van der Waals surface area contributed by atoms with E-state index in [-0.39, 0.29) is 5.31 Å². The number of hydrogen-bond acceptors (Lipinski definition) is 3. The van der Waals surface area contributed by atoms with Gasteiger partial charge in [0.25, 0.3) is 0 Å². The topological polar surface area (TPSA) is 58.2 Å². The van der Waals surface area contributed by atoms with E-state index >= 15 is 0 Å². The van der Waals surface area contributed by atoms with Crippen molar-refractivity contribution in [1.29, 1.82) is 0 Å². The maximum Gasteiger partial charge on any atom is 0.243 e. The number of imide groups is 1. The van der Waals surface area contributed by atoms with Crippen LogP contribution >= 0.6 is 0 Å². The molecule has 1 atom stereocenters. The highest BCUT2D eigenvalue weighted by Gasteiger charge is 2.24. The molecular weight excluding hydrogens is 132 g/mol. The quantitative estimate of drug-likeness (QED) is 0.471. The van der Waals surface area contributed by atoms with Crippen LogP contribution in [0.4, 0.5) is 0 Å². The fraction of sp³-hybridized carbons (Fsp3) is 0.667. The molecule has 2 amide bonds. The SMILES string of the molecule is [2H]N1C(=O)C([2H])([2H])C([2H])([2H])[C@]([2H])(N([2H])C)C1=O. The molecule has 0 unspecified atom stereocenters. The highest BCUT2D eigenvalue weighted by atomic mass is 16.2. The van der Waals surface area contributed by atoms with Gasteiger partial charge in [-0.25, -0.2) is 0 Å². The molecule has 1 fully saturated rings. The Morgan fingerprint density at radius 2 is 2.80 bits per heavy atom. The van der Waals surface area contributed by atoms with Gasteiger partial charge in [0.1, 0.15) is 1.41 Å². The Morgan fingerprint density at radius 1 is 2.10 bits per heavy atom. The minimum Gasteiger partial charge on any atom is -0.309 e. The summed E-state index contributed by atoms with van der Waals surface area (Å²) in [4.78, 5) is 22.9. The van der Waals surface area contributed by atoms with Crippen LogP contribution in [0.15, 0.2) is 0 Å². The van der Waals surface area contributed by atoms with E-state index in [1.54, 1.807) is 0 Å². The summed E-state index contributed by atoms with van der Waals surface area (Å²) in [5, 5.41) is -0.305. The van der Waals surface area contributed by atoms with Crippen LogP contribution in [0.1, 0.15) is 19.6 Å². The van der Waals surface area contributed by atoms with Crippen molar-refractivity contribution in [2.24, 2.45) is 0 Å². The van der Waals surface area contributed by atoms with Gasteiger partial charge in [-0.1, -0.05) is 0 Å². The van der Waals surface area contributed by atoms with Crippen LogP contribution in [-0.2, 0) is 9.59 Å². The molecule has 2 N–H and O–H groups in total. The first-order chi connectivity index (χ1) is 7.42. The average Bonchev–Trinajstić information content (AvgIpc) is 2.22. The van der Waals surface area contributed by atoms with E-state index in [9.17, 15) is 9.59 Å². The number of nitrogens with one attached hydrogen (secondary N) is 2. The molecule has 0 saturated carbocycles. The van der Waals surface area contributed by atoms with Crippen LogP contribution in [0, 0.1) is 0 Å². The summed E-state index contributed by atoms with van der Waals surface area (Å²) < 4.78 is 51.4. The van der Waals surface area contributed by atoms with Gasteiger partial charge in [0, 0.05) is 11.9 Å². The Balaban J connectivity index is 3.51. The van der Waals surface area contributed by atoms with Crippen LogP contribution < -0.4 is 10.6 Å². The van der Waals surface area contributed by atoms with E-state index in [2.05, 4.69) is 0 Å². The lowest BCUT2D eigenvalue weighted by Gasteiger charge is -2.19. The maximum atomic E-state index is 11.6. The number of likely N-dealkylation sites (N-methyl/N-ethyl adjacent to an activating group) is 1. The zero-order chi connectivity index (χ0) is 13.8.